The highest BCUT2D eigenvalue weighted by Crippen LogP contribution is 2.22. The zero-order chi connectivity index (χ0) is 13.1. The van der Waals surface area contributed by atoms with Crippen molar-refractivity contribution in [1.29, 1.82) is 0 Å². The van der Waals surface area contributed by atoms with Crippen molar-refractivity contribution < 1.29 is 9.90 Å². The zero-order valence-electron chi connectivity index (χ0n) is 9.97. The number of phenolic OH excluding ortho intramolecular Hbond substituents is 1. The fourth-order valence-electron chi connectivity index (χ4n) is 1.63. The van der Waals surface area contributed by atoms with Crippen LogP contribution in [0.4, 0.5) is 11.4 Å². The molecule has 0 unspecified atom stereocenters. The number of amides is 1. The summed E-state index contributed by atoms with van der Waals surface area (Å²) in [6.07, 6.45) is 0. The molecule has 0 aliphatic heterocycles. The normalized spacial score (nSPS) is 10.1. The van der Waals surface area contributed by atoms with Crippen LogP contribution in [-0.2, 0) is 0 Å². The number of benzene rings is 2. The molecule has 0 fully saturated rings. The van der Waals surface area contributed by atoms with Gasteiger partial charge in [0, 0.05) is 0 Å². The van der Waals surface area contributed by atoms with Crippen LogP contribution in [0.3, 0.4) is 0 Å². The number of hydrogen-bond donors (Lipinski definition) is 3. The van der Waals surface area contributed by atoms with Gasteiger partial charge in [-0.05, 0) is 36.8 Å². The number of rotatable bonds is 2. The van der Waals surface area contributed by atoms with Gasteiger partial charge in [-0.3, -0.25) is 4.79 Å². The molecule has 0 radical (unpaired) electrons. The average Bonchev–Trinajstić information content (AvgIpc) is 2.32. The lowest BCUT2D eigenvalue weighted by molar-refractivity contribution is 0.102. The van der Waals surface area contributed by atoms with E-state index in [0.717, 1.165) is 5.56 Å². The molecule has 2 aromatic rings. The Labute approximate surface area is 105 Å². The predicted molar refractivity (Wildman–Crippen MR) is 71.7 cm³/mol. The molecule has 1 amide bonds. The monoisotopic (exact) mass is 242 g/mol. The highest BCUT2D eigenvalue weighted by Gasteiger charge is 2.12. The molecule has 2 rings (SSSR count). The summed E-state index contributed by atoms with van der Waals surface area (Å²) in [7, 11) is 0. The second kappa shape index (κ2) is 4.79. The second-order valence-electron chi connectivity index (χ2n) is 4.06. The number of phenols is 1. The van der Waals surface area contributed by atoms with Crippen molar-refractivity contribution in [1.82, 2.24) is 0 Å². The summed E-state index contributed by atoms with van der Waals surface area (Å²) in [4.78, 5) is 12.0. The zero-order valence-corrected chi connectivity index (χ0v) is 9.97. The van der Waals surface area contributed by atoms with Crippen molar-refractivity contribution in [2.75, 3.05) is 11.1 Å². The first-order chi connectivity index (χ1) is 8.58. The summed E-state index contributed by atoms with van der Waals surface area (Å²) in [5, 5.41) is 12.4. The summed E-state index contributed by atoms with van der Waals surface area (Å²) in [6.45, 7) is 1.84. The van der Waals surface area contributed by atoms with Crippen LogP contribution < -0.4 is 11.1 Å². The summed E-state index contributed by atoms with van der Waals surface area (Å²) >= 11 is 0. The molecule has 4 heteroatoms. The highest BCUT2D eigenvalue weighted by atomic mass is 16.3. The molecule has 92 valence electrons. The molecular weight excluding hydrogens is 228 g/mol. The van der Waals surface area contributed by atoms with E-state index >= 15 is 0 Å². The Morgan fingerprint density at radius 3 is 2.61 bits per heavy atom. The Kier molecular flexibility index (Phi) is 3.19. The SMILES string of the molecule is Cc1ccc(C(=O)Nc2ccccc2N)c(O)c1. The molecule has 0 saturated heterocycles. The van der Waals surface area contributed by atoms with E-state index in [1.807, 2.05) is 6.92 Å². The van der Waals surface area contributed by atoms with Crippen LogP contribution >= 0.6 is 0 Å². The number of carbonyl (C=O) groups is 1. The molecule has 0 aliphatic carbocycles. The third-order valence-corrected chi connectivity index (χ3v) is 2.61. The van der Waals surface area contributed by atoms with Crippen molar-refractivity contribution >= 4 is 17.3 Å². The van der Waals surface area contributed by atoms with Gasteiger partial charge in [-0.15, -0.1) is 0 Å². The van der Waals surface area contributed by atoms with Crippen LogP contribution in [0.25, 0.3) is 0 Å². The van der Waals surface area contributed by atoms with E-state index in [1.165, 1.54) is 0 Å². The van der Waals surface area contributed by atoms with Crippen LogP contribution in [0.5, 0.6) is 5.75 Å². The lowest BCUT2D eigenvalue weighted by Gasteiger charge is -2.09. The number of aryl methyl sites for hydroxylation is 1. The van der Waals surface area contributed by atoms with Crippen LogP contribution in [-0.4, -0.2) is 11.0 Å². The van der Waals surface area contributed by atoms with Gasteiger partial charge in [0.25, 0.3) is 5.91 Å². The van der Waals surface area contributed by atoms with Gasteiger partial charge in [0.15, 0.2) is 0 Å². The lowest BCUT2D eigenvalue weighted by Crippen LogP contribution is -2.13. The number of nitrogens with one attached hydrogen (secondary N) is 1. The third kappa shape index (κ3) is 2.43. The maximum atomic E-state index is 12.0. The van der Waals surface area contributed by atoms with Gasteiger partial charge >= 0.3 is 0 Å². The number of hydrogen-bond acceptors (Lipinski definition) is 3. The molecule has 4 N–H and O–H groups in total. The van der Waals surface area contributed by atoms with Crippen molar-refractivity contribution in [3.63, 3.8) is 0 Å². The van der Waals surface area contributed by atoms with Gasteiger partial charge in [0.1, 0.15) is 5.75 Å². The lowest BCUT2D eigenvalue weighted by atomic mass is 10.1. The van der Waals surface area contributed by atoms with Gasteiger partial charge < -0.3 is 16.2 Å². The van der Waals surface area contributed by atoms with E-state index in [2.05, 4.69) is 5.32 Å². The minimum Gasteiger partial charge on any atom is -0.507 e. The predicted octanol–water partition coefficient (Wildman–Crippen LogP) is 2.54. The number of anilines is 2. The maximum Gasteiger partial charge on any atom is 0.259 e. The molecule has 18 heavy (non-hydrogen) atoms. The van der Waals surface area contributed by atoms with E-state index in [0.29, 0.717) is 11.4 Å². The first-order valence-corrected chi connectivity index (χ1v) is 5.53. The number of para-hydroxylation sites is 2. The van der Waals surface area contributed by atoms with Gasteiger partial charge in [0.2, 0.25) is 0 Å². The summed E-state index contributed by atoms with van der Waals surface area (Å²) in [5.74, 6) is -0.424. The van der Waals surface area contributed by atoms with Crippen molar-refractivity contribution in [2.45, 2.75) is 6.92 Å². The minimum absolute atomic E-state index is 0.0398. The first-order valence-electron chi connectivity index (χ1n) is 5.53. The van der Waals surface area contributed by atoms with E-state index in [4.69, 9.17) is 5.73 Å². The summed E-state index contributed by atoms with van der Waals surface area (Å²) in [6, 6.07) is 11.9. The second-order valence-corrected chi connectivity index (χ2v) is 4.06. The average molecular weight is 242 g/mol. The Bertz CT molecular complexity index is 594. The highest BCUT2D eigenvalue weighted by molar-refractivity contribution is 6.07. The molecule has 0 heterocycles. The molecule has 0 aromatic heterocycles. The smallest absolute Gasteiger partial charge is 0.259 e. The molecule has 4 nitrogen and oxygen atoms in total. The van der Waals surface area contributed by atoms with Crippen molar-refractivity contribution in [3.8, 4) is 5.75 Å². The van der Waals surface area contributed by atoms with Gasteiger partial charge in [-0.25, -0.2) is 0 Å². The Morgan fingerprint density at radius 1 is 1.22 bits per heavy atom. The fourth-order valence-corrected chi connectivity index (χ4v) is 1.63. The number of nitrogens with two attached hydrogens (primary N) is 1. The van der Waals surface area contributed by atoms with E-state index in [1.54, 1.807) is 42.5 Å². The third-order valence-electron chi connectivity index (χ3n) is 2.61. The summed E-state index contributed by atoms with van der Waals surface area (Å²) < 4.78 is 0. The molecule has 0 aliphatic rings. The molecule has 0 spiro atoms. The Morgan fingerprint density at radius 2 is 1.94 bits per heavy atom. The Hall–Kier alpha value is -2.49. The maximum absolute atomic E-state index is 12.0. The van der Waals surface area contributed by atoms with E-state index in [9.17, 15) is 9.90 Å². The standard InChI is InChI=1S/C14H14N2O2/c1-9-6-7-10(13(17)8-9)14(18)16-12-5-3-2-4-11(12)15/h2-8,17H,15H2,1H3,(H,16,18). The van der Waals surface area contributed by atoms with E-state index < -0.39 is 0 Å². The summed E-state index contributed by atoms with van der Waals surface area (Å²) in [5.41, 5.74) is 7.86. The van der Waals surface area contributed by atoms with Crippen LogP contribution in [0.15, 0.2) is 42.5 Å². The largest absolute Gasteiger partial charge is 0.507 e. The van der Waals surface area contributed by atoms with Gasteiger partial charge in [0.05, 0.1) is 16.9 Å². The quantitative estimate of drug-likeness (QED) is 0.708. The molecule has 0 atom stereocenters. The molecule has 0 saturated carbocycles. The van der Waals surface area contributed by atoms with Gasteiger partial charge in [-0.1, -0.05) is 18.2 Å². The fraction of sp³-hybridized carbons (Fsp3) is 0.0714. The van der Waals surface area contributed by atoms with Crippen LogP contribution in [0, 0.1) is 6.92 Å². The van der Waals surface area contributed by atoms with Crippen LogP contribution in [0.1, 0.15) is 15.9 Å². The topological polar surface area (TPSA) is 75.4 Å². The number of nitrogen functional groups attached to an aromatic ring is 1. The number of aromatic hydroxyl groups is 1. The Balaban J connectivity index is 2.25. The van der Waals surface area contributed by atoms with Crippen LogP contribution in [0.2, 0.25) is 0 Å². The first kappa shape index (κ1) is 12.0. The number of carbonyl (C=O) groups excluding carboxylic acids is 1. The molecular formula is C14H14N2O2. The van der Waals surface area contributed by atoms with Gasteiger partial charge in [-0.2, -0.15) is 0 Å². The van der Waals surface area contributed by atoms with E-state index in [-0.39, 0.29) is 17.2 Å². The molecule has 0 bridgehead atoms. The minimum atomic E-state index is -0.384. The van der Waals surface area contributed by atoms with Crippen molar-refractivity contribution in [3.05, 3.63) is 53.6 Å². The van der Waals surface area contributed by atoms with Crippen molar-refractivity contribution in [2.24, 2.45) is 0 Å². The molecule has 2 aromatic carbocycles.